The van der Waals surface area contributed by atoms with Crippen LogP contribution >= 0.6 is 11.8 Å². The second kappa shape index (κ2) is 1.39. The highest BCUT2D eigenvalue weighted by molar-refractivity contribution is 8.01. The van der Waals surface area contributed by atoms with E-state index in [0.29, 0.717) is 5.44 Å². The van der Waals surface area contributed by atoms with E-state index in [-0.39, 0.29) is 0 Å². The van der Waals surface area contributed by atoms with E-state index in [1.807, 2.05) is 11.8 Å². The van der Waals surface area contributed by atoms with Crippen molar-refractivity contribution in [3.63, 3.8) is 0 Å². The zero-order chi connectivity index (χ0) is 4.69. The lowest BCUT2D eigenvalue weighted by Crippen LogP contribution is -2.35. The lowest BCUT2D eigenvalue weighted by molar-refractivity contribution is 0.0569. The van der Waals surface area contributed by atoms with Crippen LogP contribution in [0.15, 0.2) is 0 Å². The summed E-state index contributed by atoms with van der Waals surface area (Å²) in [6, 6.07) is 0. The van der Waals surface area contributed by atoms with Gasteiger partial charge >= 0.3 is 0 Å². The normalized spacial score (nSPS) is 48.0. The van der Waals surface area contributed by atoms with Crippen molar-refractivity contribution < 1.29 is 4.74 Å². The van der Waals surface area contributed by atoms with Crippen LogP contribution in [0.2, 0.25) is 0 Å². The molecule has 40 valence electrons. The van der Waals surface area contributed by atoms with Gasteiger partial charge in [0, 0.05) is 11.9 Å². The van der Waals surface area contributed by atoms with Gasteiger partial charge in [0.05, 0.1) is 0 Å². The van der Waals surface area contributed by atoms with E-state index < -0.39 is 0 Å². The van der Waals surface area contributed by atoms with E-state index >= 15 is 0 Å². The molecule has 0 saturated carbocycles. The first-order valence-electron chi connectivity index (χ1n) is 2.72. The summed E-state index contributed by atoms with van der Waals surface area (Å²) < 4.78 is 5.31. The summed E-state index contributed by atoms with van der Waals surface area (Å²) in [7, 11) is 0. The Labute approximate surface area is 47.4 Å². The van der Waals surface area contributed by atoms with Gasteiger partial charge in [0.2, 0.25) is 0 Å². The first-order chi connectivity index (χ1) is 3.45. The third kappa shape index (κ3) is 0.572. The SMILES string of the molecule is C1CC2CC(O1)S2. The Bertz CT molecular complexity index is 64.6. The molecule has 0 amide bonds. The summed E-state index contributed by atoms with van der Waals surface area (Å²) in [5.74, 6) is 0. The predicted octanol–water partition coefficient (Wildman–Crippen LogP) is 1.24. The van der Waals surface area contributed by atoms with Crippen molar-refractivity contribution >= 4 is 11.8 Å². The monoisotopic (exact) mass is 116 g/mol. The van der Waals surface area contributed by atoms with Crippen LogP contribution in [0.1, 0.15) is 12.8 Å². The molecule has 3 rings (SSSR count). The standard InChI is InChI=1S/C5H8OS/c1-2-6-5-3-4(1)7-5/h4-5H,1-3H2. The number of fused-ring (bicyclic) bond motifs is 2. The zero-order valence-corrected chi connectivity index (χ0v) is 4.91. The largest absolute Gasteiger partial charge is 0.368 e. The molecular weight excluding hydrogens is 108 g/mol. The Morgan fingerprint density at radius 2 is 2.43 bits per heavy atom. The zero-order valence-electron chi connectivity index (χ0n) is 4.09. The maximum Gasteiger partial charge on any atom is 0.104 e. The molecule has 3 aliphatic heterocycles. The number of hydrogen-bond donors (Lipinski definition) is 0. The lowest BCUT2D eigenvalue weighted by atomic mass is 10.2. The molecule has 3 fully saturated rings. The first-order valence-corrected chi connectivity index (χ1v) is 3.66. The molecule has 0 aromatic rings. The van der Waals surface area contributed by atoms with Crippen LogP contribution in [0, 0.1) is 0 Å². The summed E-state index contributed by atoms with van der Waals surface area (Å²) in [4.78, 5) is 0. The maximum absolute atomic E-state index is 5.31. The average Bonchev–Trinajstić information content (AvgIpc) is 1.67. The van der Waals surface area contributed by atoms with Crippen LogP contribution in [0.4, 0.5) is 0 Å². The fourth-order valence-corrected chi connectivity index (χ4v) is 2.15. The van der Waals surface area contributed by atoms with Crippen LogP contribution in [0.5, 0.6) is 0 Å². The van der Waals surface area contributed by atoms with Crippen LogP contribution in [0.3, 0.4) is 0 Å². The third-order valence-electron chi connectivity index (χ3n) is 1.54. The van der Waals surface area contributed by atoms with Gasteiger partial charge < -0.3 is 4.74 Å². The predicted molar refractivity (Wildman–Crippen MR) is 30.4 cm³/mol. The molecule has 0 aromatic heterocycles. The molecule has 2 unspecified atom stereocenters. The Hall–Kier alpha value is 0.310. The topological polar surface area (TPSA) is 9.23 Å². The minimum atomic E-state index is 0.596. The van der Waals surface area contributed by atoms with Crippen LogP contribution in [0.25, 0.3) is 0 Å². The van der Waals surface area contributed by atoms with Crippen molar-refractivity contribution in [2.75, 3.05) is 6.61 Å². The van der Waals surface area contributed by atoms with E-state index in [1.54, 1.807) is 0 Å². The van der Waals surface area contributed by atoms with Gasteiger partial charge in [-0.15, -0.1) is 11.8 Å². The van der Waals surface area contributed by atoms with Crippen LogP contribution < -0.4 is 0 Å². The minimum absolute atomic E-state index is 0.596. The molecule has 7 heavy (non-hydrogen) atoms. The van der Waals surface area contributed by atoms with Crippen LogP contribution in [-0.2, 0) is 4.74 Å². The number of rotatable bonds is 0. The minimum Gasteiger partial charge on any atom is -0.368 e. The highest BCUT2D eigenvalue weighted by atomic mass is 32.2. The van der Waals surface area contributed by atoms with E-state index in [2.05, 4.69) is 0 Å². The molecule has 3 heterocycles. The molecule has 0 spiro atoms. The van der Waals surface area contributed by atoms with Gasteiger partial charge in [-0.1, -0.05) is 0 Å². The van der Waals surface area contributed by atoms with Gasteiger partial charge in [-0.2, -0.15) is 0 Å². The smallest absolute Gasteiger partial charge is 0.104 e. The Balaban J connectivity index is 1.99. The summed E-state index contributed by atoms with van der Waals surface area (Å²) in [6.07, 6.45) is 2.62. The third-order valence-corrected chi connectivity index (χ3v) is 2.99. The van der Waals surface area contributed by atoms with Crippen LogP contribution in [-0.4, -0.2) is 17.3 Å². The van der Waals surface area contributed by atoms with E-state index in [4.69, 9.17) is 4.74 Å². The molecule has 2 bridgehead atoms. The van der Waals surface area contributed by atoms with Gasteiger partial charge in [-0.25, -0.2) is 0 Å². The van der Waals surface area contributed by atoms with Crippen molar-refractivity contribution in [1.82, 2.24) is 0 Å². The van der Waals surface area contributed by atoms with E-state index in [0.717, 1.165) is 11.9 Å². The quantitative estimate of drug-likeness (QED) is 0.471. The van der Waals surface area contributed by atoms with E-state index in [1.165, 1.54) is 12.8 Å². The number of thioether (sulfide) groups is 1. The van der Waals surface area contributed by atoms with Crippen molar-refractivity contribution in [3.05, 3.63) is 0 Å². The van der Waals surface area contributed by atoms with Crippen molar-refractivity contribution in [2.24, 2.45) is 0 Å². The number of ether oxygens (including phenoxy) is 1. The highest BCUT2D eigenvalue weighted by Crippen LogP contribution is 2.42. The molecule has 3 saturated heterocycles. The fraction of sp³-hybridized carbons (Fsp3) is 1.00. The van der Waals surface area contributed by atoms with Gasteiger partial charge in [0.25, 0.3) is 0 Å². The van der Waals surface area contributed by atoms with Crippen molar-refractivity contribution in [1.29, 1.82) is 0 Å². The van der Waals surface area contributed by atoms with Crippen molar-refractivity contribution in [2.45, 2.75) is 23.5 Å². The van der Waals surface area contributed by atoms with E-state index in [9.17, 15) is 0 Å². The molecule has 0 radical (unpaired) electrons. The fourth-order valence-electron chi connectivity index (χ4n) is 1.04. The summed E-state index contributed by atoms with van der Waals surface area (Å²) in [6.45, 7) is 1.02. The number of hydrogen-bond acceptors (Lipinski definition) is 2. The molecule has 3 aliphatic rings. The average molecular weight is 116 g/mol. The van der Waals surface area contributed by atoms with Gasteiger partial charge in [-0.3, -0.25) is 0 Å². The Kier molecular flexibility index (Phi) is 0.837. The van der Waals surface area contributed by atoms with Gasteiger partial charge in [0.1, 0.15) is 5.44 Å². The molecule has 2 atom stereocenters. The summed E-state index contributed by atoms with van der Waals surface area (Å²) >= 11 is 1.99. The molecule has 2 heteroatoms. The molecule has 0 aromatic carbocycles. The Morgan fingerprint density at radius 3 is 2.57 bits per heavy atom. The molecule has 1 nitrogen and oxygen atoms in total. The lowest BCUT2D eigenvalue weighted by Gasteiger charge is -2.39. The highest BCUT2D eigenvalue weighted by Gasteiger charge is 2.34. The van der Waals surface area contributed by atoms with Gasteiger partial charge in [-0.05, 0) is 12.8 Å². The van der Waals surface area contributed by atoms with Gasteiger partial charge in [0.15, 0.2) is 0 Å². The molecule has 0 aliphatic carbocycles. The van der Waals surface area contributed by atoms with Crippen molar-refractivity contribution in [3.8, 4) is 0 Å². The molecule has 0 N–H and O–H groups in total. The second-order valence-corrected chi connectivity index (χ2v) is 3.55. The first kappa shape index (κ1) is 4.21. The molecular formula is C5H8OS. The maximum atomic E-state index is 5.31. The Morgan fingerprint density at radius 1 is 1.57 bits per heavy atom. The summed E-state index contributed by atoms with van der Waals surface area (Å²) in [5.41, 5.74) is 0.596. The second-order valence-electron chi connectivity index (χ2n) is 2.08. The summed E-state index contributed by atoms with van der Waals surface area (Å²) in [5, 5.41) is 0.971.